The van der Waals surface area contributed by atoms with E-state index in [0.717, 1.165) is 14.9 Å². The Kier molecular flexibility index (Phi) is 10.7. The maximum atomic E-state index is 13.4. The first-order valence-corrected chi connectivity index (χ1v) is 16.0. The number of nitrogens with one attached hydrogen (secondary N) is 3. The van der Waals surface area contributed by atoms with Crippen LogP contribution >= 0.6 is 39.3 Å². The van der Waals surface area contributed by atoms with Crippen molar-refractivity contribution < 1.29 is 23.2 Å². The third kappa shape index (κ3) is 8.75. The van der Waals surface area contributed by atoms with Gasteiger partial charge < -0.3 is 20.4 Å². The number of rotatable bonds is 10. The molecule has 3 amide bonds. The van der Waals surface area contributed by atoms with E-state index in [1.54, 1.807) is 73.7 Å². The predicted octanol–water partition coefficient (Wildman–Crippen LogP) is 9.03. The SMILES string of the molecule is C[C@@H](Sc1ccc(NC(=O)/C(=C/c2ccc(-c3ccc(Br)cc3)o2)NC(=O)c2ccccc2)cc1)C(=O)Nc1ccc(F)c(Cl)c1. The Morgan fingerprint density at radius 2 is 1.57 bits per heavy atom. The van der Waals surface area contributed by atoms with Crippen molar-refractivity contribution >= 4 is 74.5 Å². The standard InChI is InChI=1S/C35H26BrClFN3O4S/c1-21(33(42)40-26-13-17-30(38)29(37)19-26)46-28-15-11-25(12-16-28)39-35(44)31(41-34(43)23-5-3-2-4-6-23)20-27-14-18-32(45-27)22-7-9-24(36)10-8-22/h2-21H,1H3,(H,39,44)(H,40,42)(H,41,43)/b31-20-/t21-/m1/s1. The Morgan fingerprint density at radius 3 is 2.26 bits per heavy atom. The van der Waals surface area contributed by atoms with Gasteiger partial charge in [0.15, 0.2) is 0 Å². The monoisotopic (exact) mass is 717 g/mol. The van der Waals surface area contributed by atoms with Gasteiger partial charge in [0.1, 0.15) is 23.0 Å². The molecule has 1 atom stereocenters. The number of halogens is 3. The molecule has 7 nitrogen and oxygen atoms in total. The molecular formula is C35H26BrClFN3O4S. The zero-order chi connectivity index (χ0) is 32.6. The summed E-state index contributed by atoms with van der Waals surface area (Å²) in [5.41, 5.74) is 2.09. The van der Waals surface area contributed by atoms with Gasteiger partial charge in [0.05, 0.1) is 10.3 Å². The lowest BCUT2D eigenvalue weighted by Crippen LogP contribution is -2.30. The molecule has 232 valence electrons. The summed E-state index contributed by atoms with van der Waals surface area (Å²) in [4.78, 5) is 39.9. The quantitative estimate of drug-likeness (QED) is 0.0989. The molecule has 0 aliphatic heterocycles. The number of furan rings is 1. The van der Waals surface area contributed by atoms with Crippen molar-refractivity contribution in [3.05, 3.63) is 142 Å². The molecule has 4 aromatic carbocycles. The molecule has 0 unspecified atom stereocenters. The van der Waals surface area contributed by atoms with Crippen LogP contribution in [-0.4, -0.2) is 23.0 Å². The van der Waals surface area contributed by atoms with Crippen molar-refractivity contribution in [3.63, 3.8) is 0 Å². The van der Waals surface area contributed by atoms with Crippen molar-refractivity contribution in [3.8, 4) is 11.3 Å². The second-order valence-corrected chi connectivity index (χ2v) is 12.7. The average molecular weight is 719 g/mol. The number of amides is 3. The molecule has 0 spiro atoms. The van der Waals surface area contributed by atoms with Gasteiger partial charge in [-0.15, -0.1) is 11.8 Å². The predicted molar refractivity (Wildman–Crippen MR) is 184 cm³/mol. The van der Waals surface area contributed by atoms with Crippen molar-refractivity contribution in [1.82, 2.24) is 5.32 Å². The smallest absolute Gasteiger partial charge is 0.272 e. The fourth-order valence-electron chi connectivity index (χ4n) is 4.18. The van der Waals surface area contributed by atoms with E-state index in [0.29, 0.717) is 28.5 Å². The third-order valence-electron chi connectivity index (χ3n) is 6.55. The van der Waals surface area contributed by atoms with E-state index in [-0.39, 0.29) is 16.6 Å². The number of carbonyl (C=O) groups excluding carboxylic acids is 3. The van der Waals surface area contributed by atoms with Crippen LogP contribution in [0.1, 0.15) is 23.0 Å². The van der Waals surface area contributed by atoms with E-state index in [9.17, 15) is 18.8 Å². The Hall–Kier alpha value is -4.64. The molecule has 3 N–H and O–H groups in total. The number of hydrogen-bond donors (Lipinski definition) is 3. The Morgan fingerprint density at radius 1 is 0.870 bits per heavy atom. The largest absolute Gasteiger partial charge is 0.457 e. The molecule has 0 saturated carbocycles. The number of carbonyl (C=O) groups is 3. The van der Waals surface area contributed by atoms with E-state index >= 15 is 0 Å². The molecule has 0 saturated heterocycles. The lowest BCUT2D eigenvalue weighted by atomic mass is 10.2. The highest BCUT2D eigenvalue weighted by Crippen LogP contribution is 2.28. The number of anilines is 2. The Balaban J connectivity index is 1.28. The Labute approximate surface area is 282 Å². The van der Waals surface area contributed by atoms with Gasteiger partial charge in [0.2, 0.25) is 5.91 Å². The van der Waals surface area contributed by atoms with E-state index in [4.69, 9.17) is 16.0 Å². The normalized spacial score (nSPS) is 11.9. The van der Waals surface area contributed by atoms with Gasteiger partial charge in [-0.3, -0.25) is 14.4 Å². The summed E-state index contributed by atoms with van der Waals surface area (Å²) in [6.07, 6.45) is 1.47. The lowest BCUT2D eigenvalue weighted by molar-refractivity contribution is -0.115. The zero-order valence-corrected chi connectivity index (χ0v) is 27.4. The lowest BCUT2D eigenvalue weighted by Gasteiger charge is -2.13. The molecule has 0 bridgehead atoms. The summed E-state index contributed by atoms with van der Waals surface area (Å²) in [6.45, 7) is 1.74. The molecule has 0 aliphatic rings. The molecule has 1 aromatic heterocycles. The van der Waals surface area contributed by atoms with Crippen molar-refractivity contribution in [2.45, 2.75) is 17.1 Å². The van der Waals surface area contributed by atoms with Crippen LogP contribution in [0.3, 0.4) is 0 Å². The third-order valence-corrected chi connectivity index (χ3v) is 8.48. The van der Waals surface area contributed by atoms with Gasteiger partial charge in [0, 0.05) is 37.9 Å². The molecule has 11 heteroatoms. The molecular weight excluding hydrogens is 693 g/mol. The highest BCUT2D eigenvalue weighted by molar-refractivity contribution is 9.10. The second-order valence-electron chi connectivity index (χ2n) is 9.94. The number of thioether (sulfide) groups is 1. The summed E-state index contributed by atoms with van der Waals surface area (Å²) in [5.74, 6) is -0.887. The van der Waals surface area contributed by atoms with Gasteiger partial charge in [-0.1, -0.05) is 57.9 Å². The maximum absolute atomic E-state index is 13.4. The van der Waals surface area contributed by atoms with Crippen LogP contribution < -0.4 is 16.0 Å². The average Bonchev–Trinajstić information content (AvgIpc) is 3.52. The second kappa shape index (κ2) is 15.1. The minimum atomic E-state index is -0.567. The summed E-state index contributed by atoms with van der Waals surface area (Å²) >= 11 is 10.5. The maximum Gasteiger partial charge on any atom is 0.272 e. The molecule has 1 heterocycles. The number of hydrogen-bond acceptors (Lipinski definition) is 5. The van der Waals surface area contributed by atoms with Gasteiger partial charge in [-0.25, -0.2) is 4.39 Å². The molecule has 0 aliphatic carbocycles. The molecule has 46 heavy (non-hydrogen) atoms. The number of benzene rings is 4. The minimum absolute atomic E-state index is 0.0183. The van der Waals surface area contributed by atoms with E-state index < -0.39 is 22.9 Å². The van der Waals surface area contributed by atoms with E-state index in [1.807, 2.05) is 24.3 Å². The summed E-state index contributed by atoms with van der Waals surface area (Å²) < 4.78 is 20.3. The zero-order valence-electron chi connectivity index (χ0n) is 24.2. The van der Waals surface area contributed by atoms with E-state index in [1.165, 1.54) is 36.0 Å². The topological polar surface area (TPSA) is 100 Å². The fourth-order valence-corrected chi connectivity index (χ4v) is 5.49. The van der Waals surface area contributed by atoms with Gasteiger partial charge in [0.25, 0.3) is 11.8 Å². The van der Waals surface area contributed by atoms with Crippen molar-refractivity contribution in [2.24, 2.45) is 0 Å². The van der Waals surface area contributed by atoms with Crippen LogP contribution in [0.25, 0.3) is 17.4 Å². The van der Waals surface area contributed by atoms with E-state index in [2.05, 4.69) is 31.9 Å². The van der Waals surface area contributed by atoms with Crippen LogP contribution in [0.5, 0.6) is 0 Å². The molecule has 5 aromatic rings. The minimum Gasteiger partial charge on any atom is -0.457 e. The van der Waals surface area contributed by atoms with Crippen LogP contribution in [0.2, 0.25) is 5.02 Å². The van der Waals surface area contributed by atoms with Crippen molar-refractivity contribution in [1.29, 1.82) is 0 Å². The van der Waals surface area contributed by atoms with Crippen LogP contribution in [0, 0.1) is 5.82 Å². The summed E-state index contributed by atoms with van der Waals surface area (Å²) in [5, 5.41) is 7.67. The molecule has 0 radical (unpaired) electrons. The summed E-state index contributed by atoms with van der Waals surface area (Å²) in [7, 11) is 0. The summed E-state index contributed by atoms with van der Waals surface area (Å²) in [6, 6.07) is 30.6. The first-order chi connectivity index (χ1) is 22.1. The highest BCUT2D eigenvalue weighted by atomic mass is 79.9. The Bertz CT molecular complexity index is 1900. The fraction of sp³-hybridized carbons (Fsp3) is 0.0571. The first-order valence-electron chi connectivity index (χ1n) is 13.9. The molecule has 0 fully saturated rings. The van der Waals surface area contributed by atoms with Crippen molar-refractivity contribution in [2.75, 3.05) is 10.6 Å². The van der Waals surface area contributed by atoms with Crippen LogP contribution in [-0.2, 0) is 9.59 Å². The molecule has 5 rings (SSSR count). The van der Waals surface area contributed by atoms with Crippen LogP contribution in [0.4, 0.5) is 15.8 Å². The first kappa shape index (κ1) is 32.7. The highest BCUT2D eigenvalue weighted by Gasteiger charge is 2.18. The van der Waals surface area contributed by atoms with Crippen LogP contribution in [0.15, 0.2) is 129 Å². The van der Waals surface area contributed by atoms with Gasteiger partial charge in [-0.2, -0.15) is 0 Å². The van der Waals surface area contributed by atoms with Gasteiger partial charge in [-0.05, 0) is 85.8 Å². The van der Waals surface area contributed by atoms with Gasteiger partial charge >= 0.3 is 0 Å².